The minimum Gasteiger partial charge on any atom is -0.307 e. The van der Waals surface area contributed by atoms with Gasteiger partial charge in [-0.15, -0.1) is 0 Å². The monoisotopic (exact) mass is 219 g/mol. The quantitative estimate of drug-likeness (QED) is 0.787. The molecule has 0 aliphatic rings. The van der Waals surface area contributed by atoms with Crippen LogP contribution >= 0.6 is 0 Å². The fraction of sp³-hybridized carbons (Fsp3) is 0.600. The minimum atomic E-state index is 0.437. The summed E-state index contributed by atoms with van der Waals surface area (Å²) in [6.07, 6.45) is 1.19. The molecule has 2 atom stereocenters. The van der Waals surface area contributed by atoms with Gasteiger partial charge in [0.25, 0.3) is 0 Å². The van der Waals surface area contributed by atoms with Crippen LogP contribution in [-0.2, 0) is 0 Å². The van der Waals surface area contributed by atoms with Crippen molar-refractivity contribution in [3.63, 3.8) is 0 Å². The van der Waals surface area contributed by atoms with Gasteiger partial charge in [-0.1, -0.05) is 50.6 Å². The summed E-state index contributed by atoms with van der Waals surface area (Å²) in [7, 11) is 0. The van der Waals surface area contributed by atoms with Gasteiger partial charge < -0.3 is 5.32 Å². The highest BCUT2D eigenvalue weighted by Gasteiger charge is 2.14. The van der Waals surface area contributed by atoms with Crippen molar-refractivity contribution in [2.75, 3.05) is 0 Å². The van der Waals surface area contributed by atoms with Gasteiger partial charge in [-0.3, -0.25) is 0 Å². The van der Waals surface area contributed by atoms with Crippen LogP contribution in [0.4, 0.5) is 0 Å². The van der Waals surface area contributed by atoms with Crippen molar-refractivity contribution < 1.29 is 0 Å². The van der Waals surface area contributed by atoms with Gasteiger partial charge in [0, 0.05) is 12.1 Å². The molecule has 1 N–H and O–H groups in total. The molecular weight excluding hydrogens is 194 g/mol. The van der Waals surface area contributed by atoms with Crippen molar-refractivity contribution in [3.05, 3.63) is 35.4 Å². The van der Waals surface area contributed by atoms with E-state index in [1.54, 1.807) is 0 Å². The molecule has 0 aliphatic carbocycles. The molecule has 0 amide bonds. The molecule has 16 heavy (non-hydrogen) atoms. The van der Waals surface area contributed by atoms with Crippen LogP contribution in [-0.4, -0.2) is 6.04 Å². The summed E-state index contributed by atoms with van der Waals surface area (Å²) in [5, 5.41) is 3.71. The third kappa shape index (κ3) is 3.64. The third-order valence-corrected chi connectivity index (χ3v) is 3.25. The topological polar surface area (TPSA) is 12.0 Å². The van der Waals surface area contributed by atoms with E-state index >= 15 is 0 Å². The first kappa shape index (κ1) is 13.2. The smallest absolute Gasteiger partial charge is 0.0294 e. The summed E-state index contributed by atoms with van der Waals surface area (Å²) in [4.78, 5) is 0. The van der Waals surface area contributed by atoms with E-state index in [9.17, 15) is 0 Å². The highest BCUT2D eigenvalue weighted by Crippen LogP contribution is 2.17. The molecule has 0 heterocycles. The second-order valence-electron chi connectivity index (χ2n) is 5.06. The van der Waals surface area contributed by atoms with Gasteiger partial charge in [0.2, 0.25) is 0 Å². The lowest BCUT2D eigenvalue weighted by Gasteiger charge is -2.25. The molecule has 0 fully saturated rings. The molecule has 1 aromatic rings. The van der Waals surface area contributed by atoms with Crippen LogP contribution in [0.3, 0.4) is 0 Å². The molecule has 0 radical (unpaired) electrons. The predicted octanol–water partition coefficient (Wildman–Crippen LogP) is 4.08. The summed E-state index contributed by atoms with van der Waals surface area (Å²) in [6.45, 7) is 11.2. The molecule has 1 unspecified atom stereocenters. The Morgan fingerprint density at radius 1 is 1.19 bits per heavy atom. The second kappa shape index (κ2) is 6.05. The standard InChI is InChI=1S/C15H25N/c1-6-15(11(2)3)16-13(5)14-9-7-8-12(4)10-14/h7-11,13,15-16H,6H2,1-5H3/t13-,15?/m1/s1. The number of aryl methyl sites for hydroxylation is 1. The summed E-state index contributed by atoms with van der Waals surface area (Å²) in [5.41, 5.74) is 2.72. The SMILES string of the molecule is CCC(N[C@H](C)c1cccc(C)c1)C(C)C. The summed E-state index contributed by atoms with van der Waals surface area (Å²) in [5.74, 6) is 0.692. The average Bonchev–Trinajstić information content (AvgIpc) is 2.25. The molecule has 1 rings (SSSR count). The van der Waals surface area contributed by atoms with Gasteiger partial charge in [-0.25, -0.2) is 0 Å². The highest BCUT2D eigenvalue weighted by molar-refractivity contribution is 5.24. The van der Waals surface area contributed by atoms with Crippen LogP contribution in [0.5, 0.6) is 0 Å². The van der Waals surface area contributed by atoms with Gasteiger partial charge in [0.1, 0.15) is 0 Å². The minimum absolute atomic E-state index is 0.437. The van der Waals surface area contributed by atoms with Gasteiger partial charge in [-0.2, -0.15) is 0 Å². The molecule has 0 spiro atoms. The predicted molar refractivity (Wildman–Crippen MR) is 71.6 cm³/mol. The maximum Gasteiger partial charge on any atom is 0.0294 e. The maximum atomic E-state index is 3.71. The van der Waals surface area contributed by atoms with E-state index in [1.807, 2.05) is 0 Å². The van der Waals surface area contributed by atoms with Gasteiger partial charge in [0.15, 0.2) is 0 Å². The van der Waals surface area contributed by atoms with Gasteiger partial charge in [-0.05, 0) is 31.7 Å². The van der Waals surface area contributed by atoms with Gasteiger partial charge in [0.05, 0.1) is 0 Å². The molecule has 0 aromatic heterocycles. The Hall–Kier alpha value is -0.820. The number of benzene rings is 1. The Morgan fingerprint density at radius 3 is 2.38 bits per heavy atom. The van der Waals surface area contributed by atoms with E-state index in [2.05, 4.69) is 64.2 Å². The van der Waals surface area contributed by atoms with E-state index < -0.39 is 0 Å². The number of rotatable bonds is 5. The van der Waals surface area contributed by atoms with Gasteiger partial charge >= 0.3 is 0 Å². The lowest BCUT2D eigenvalue weighted by Crippen LogP contribution is -2.35. The third-order valence-electron chi connectivity index (χ3n) is 3.25. The summed E-state index contributed by atoms with van der Waals surface area (Å²) >= 11 is 0. The van der Waals surface area contributed by atoms with Crippen LogP contribution < -0.4 is 5.32 Å². The van der Waals surface area contributed by atoms with Crippen molar-refractivity contribution in [3.8, 4) is 0 Å². The number of hydrogen-bond donors (Lipinski definition) is 1. The zero-order valence-corrected chi connectivity index (χ0v) is 11.2. The molecule has 1 nitrogen and oxygen atoms in total. The van der Waals surface area contributed by atoms with Crippen molar-refractivity contribution >= 4 is 0 Å². The molecule has 1 heteroatoms. The fourth-order valence-corrected chi connectivity index (χ4v) is 2.14. The van der Waals surface area contributed by atoms with Crippen LogP contribution in [0.2, 0.25) is 0 Å². The number of hydrogen-bond acceptors (Lipinski definition) is 1. The normalized spacial score (nSPS) is 15.1. The Morgan fingerprint density at radius 2 is 1.88 bits per heavy atom. The Kier molecular flexibility index (Phi) is 5.01. The number of nitrogens with one attached hydrogen (secondary N) is 1. The van der Waals surface area contributed by atoms with Crippen LogP contribution in [0.25, 0.3) is 0 Å². The maximum absolute atomic E-state index is 3.71. The average molecular weight is 219 g/mol. The van der Waals surface area contributed by atoms with Crippen molar-refractivity contribution in [2.24, 2.45) is 5.92 Å². The Bertz CT molecular complexity index is 317. The zero-order valence-electron chi connectivity index (χ0n) is 11.2. The zero-order chi connectivity index (χ0) is 12.1. The van der Waals surface area contributed by atoms with Crippen LogP contribution in [0.1, 0.15) is 51.3 Å². The molecule has 90 valence electrons. The van der Waals surface area contributed by atoms with E-state index in [1.165, 1.54) is 17.5 Å². The van der Waals surface area contributed by atoms with Crippen LogP contribution in [0.15, 0.2) is 24.3 Å². The van der Waals surface area contributed by atoms with Crippen molar-refractivity contribution in [1.29, 1.82) is 0 Å². The molecule has 0 bridgehead atoms. The molecule has 0 aliphatic heterocycles. The first-order valence-corrected chi connectivity index (χ1v) is 6.37. The largest absolute Gasteiger partial charge is 0.307 e. The molecule has 1 aromatic carbocycles. The molecule has 0 saturated carbocycles. The van der Waals surface area contributed by atoms with Crippen LogP contribution in [0, 0.1) is 12.8 Å². The first-order chi connectivity index (χ1) is 7.54. The van der Waals surface area contributed by atoms with E-state index in [0.29, 0.717) is 18.0 Å². The van der Waals surface area contributed by atoms with E-state index in [0.717, 1.165) is 0 Å². The van der Waals surface area contributed by atoms with E-state index in [4.69, 9.17) is 0 Å². The molecule has 0 saturated heterocycles. The molecular formula is C15H25N. The van der Waals surface area contributed by atoms with Crippen molar-refractivity contribution in [1.82, 2.24) is 5.32 Å². The van der Waals surface area contributed by atoms with Crippen molar-refractivity contribution in [2.45, 2.75) is 53.1 Å². The fourth-order valence-electron chi connectivity index (χ4n) is 2.14. The first-order valence-electron chi connectivity index (χ1n) is 6.37. The highest BCUT2D eigenvalue weighted by atomic mass is 14.9. The lowest BCUT2D eigenvalue weighted by atomic mass is 9.98. The summed E-state index contributed by atoms with van der Waals surface area (Å²) in [6, 6.07) is 9.81. The lowest BCUT2D eigenvalue weighted by molar-refractivity contribution is 0.356. The van der Waals surface area contributed by atoms with E-state index in [-0.39, 0.29) is 0 Å². The summed E-state index contributed by atoms with van der Waals surface area (Å²) < 4.78 is 0. The Labute approximate surface area is 100 Å². The second-order valence-corrected chi connectivity index (χ2v) is 5.06. The Balaban J connectivity index is 2.67.